The van der Waals surface area contributed by atoms with E-state index < -0.39 is 0 Å². The van der Waals surface area contributed by atoms with Crippen LogP contribution in [0.5, 0.6) is 0 Å². The van der Waals surface area contributed by atoms with Crippen molar-refractivity contribution in [2.24, 2.45) is 0 Å². The molecule has 0 amide bonds. The summed E-state index contributed by atoms with van der Waals surface area (Å²) in [7, 11) is 0. The maximum absolute atomic E-state index is 4.22. The molecule has 0 radical (unpaired) electrons. The van der Waals surface area contributed by atoms with E-state index in [0.29, 0.717) is 0 Å². The van der Waals surface area contributed by atoms with E-state index in [9.17, 15) is 0 Å². The van der Waals surface area contributed by atoms with Crippen LogP contribution in [0.1, 0.15) is 5.56 Å². The maximum atomic E-state index is 4.22. The first-order chi connectivity index (χ1) is 6.36. The Kier molecular flexibility index (Phi) is 6.63. The predicted molar refractivity (Wildman–Crippen MR) is 58.5 cm³/mol. The first-order valence-electron chi connectivity index (χ1n) is 4.18. The molecule has 0 aliphatic carbocycles. The van der Waals surface area contributed by atoms with Crippen LogP contribution in [0.3, 0.4) is 0 Å². The third-order valence-corrected chi connectivity index (χ3v) is 1.81. The first-order valence-corrected chi connectivity index (χ1v) is 4.18. The van der Waals surface area contributed by atoms with E-state index >= 15 is 0 Å². The Hall–Kier alpha value is -0.526. The Labute approximate surface area is 117 Å². The Balaban J connectivity index is 0.000000980. The molecular weight excluding hydrogens is 259 g/mol. The van der Waals surface area contributed by atoms with E-state index in [1.807, 2.05) is 37.3 Å². The van der Waals surface area contributed by atoms with Crippen LogP contribution >= 0.6 is 0 Å². The van der Waals surface area contributed by atoms with Crippen molar-refractivity contribution in [2.45, 2.75) is 6.92 Å². The van der Waals surface area contributed by atoms with Gasteiger partial charge in [-0.2, -0.15) is 23.8 Å². The molecule has 2 heteroatoms. The number of aromatic nitrogens is 1. The largest absolute Gasteiger partial charge is 3.00 e. The van der Waals surface area contributed by atoms with Crippen molar-refractivity contribution in [3.8, 4) is 11.3 Å². The van der Waals surface area contributed by atoms with Crippen LogP contribution in [-0.2, 0) is 32.7 Å². The molecule has 0 bridgehead atoms. The number of pyridine rings is 1. The summed E-state index contributed by atoms with van der Waals surface area (Å²) in [5, 5.41) is 0. The van der Waals surface area contributed by atoms with Gasteiger partial charge in [0.05, 0.1) is 0 Å². The van der Waals surface area contributed by atoms with Gasteiger partial charge in [-0.15, -0.1) is 17.8 Å². The molecule has 15 heavy (non-hydrogen) atoms. The standard InChI is InChI=1S/C12H9N.CH3.Y/c1-10-7-8-13-12(9-10)11-5-3-2-4-6-11;;/h2-5,7-8H,1H3;1H3;/q-2;-1;+3. The summed E-state index contributed by atoms with van der Waals surface area (Å²) in [5.74, 6) is 0. The second kappa shape index (κ2) is 6.87. The molecular formula is C13H12NY. The summed E-state index contributed by atoms with van der Waals surface area (Å²) in [6.45, 7) is 2.01. The van der Waals surface area contributed by atoms with Crippen molar-refractivity contribution in [1.82, 2.24) is 4.98 Å². The predicted octanol–water partition coefficient (Wildman–Crippen LogP) is 3.11. The maximum Gasteiger partial charge on any atom is 3.00 e. The van der Waals surface area contributed by atoms with Crippen LogP contribution < -0.4 is 0 Å². The van der Waals surface area contributed by atoms with Gasteiger partial charge in [0, 0.05) is 0 Å². The van der Waals surface area contributed by atoms with Crippen molar-refractivity contribution in [2.75, 3.05) is 0 Å². The average molecular weight is 271 g/mol. The van der Waals surface area contributed by atoms with Gasteiger partial charge in [0.15, 0.2) is 0 Å². The minimum absolute atomic E-state index is 0. The van der Waals surface area contributed by atoms with Crippen LogP contribution in [0, 0.1) is 26.5 Å². The number of aryl methyl sites for hydroxylation is 1. The van der Waals surface area contributed by atoms with Gasteiger partial charge in [-0.3, -0.25) is 0 Å². The third-order valence-electron chi connectivity index (χ3n) is 1.81. The van der Waals surface area contributed by atoms with Crippen LogP contribution in [0.15, 0.2) is 36.5 Å². The van der Waals surface area contributed by atoms with Gasteiger partial charge in [-0.25, -0.2) is 17.7 Å². The second-order valence-corrected chi connectivity index (χ2v) is 2.88. The van der Waals surface area contributed by atoms with Gasteiger partial charge < -0.3 is 12.4 Å². The van der Waals surface area contributed by atoms with E-state index in [2.05, 4.69) is 17.1 Å². The summed E-state index contributed by atoms with van der Waals surface area (Å²) < 4.78 is 0. The summed E-state index contributed by atoms with van der Waals surface area (Å²) in [4.78, 5) is 4.22. The van der Waals surface area contributed by atoms with Crippen molar-refractivity contribution in [3.05, 3.63) is 61.7 Å². The van der Waals surface area contributed by atoms with Crippen molar-refractivity contribution in [1.29, 1.82) is 0 Å². The Morgan fingerprint density at radius 2 is 2.00 bits per heavy atom. The molecule has 0 unspecified atom stereocenters. The zero-order chi connectivity index (χ0) is 9.10. The third kappa shape index (κ3) is 3.85. The number of rotatable bonds is 1. The molecule has 0 N–H and O–H groups in total. The molecule has 1 heterocycles. The molecule has 0 atom stereocenters. The van der Waals surface area contributed by atoms with Gasteiger partial charge in [0.2, 0.25) is 0 Å². The zero-order valence-electron chi connectivity index (χ0n) is 8.99. The number of nitrogens with zero attached hydrogens (tertiary/aromatic N) is 1. The SMILES string of the molecule is Cc1[c-]c(-c2[c-]cccc2)ncc1.[CH3-].[Y+3]. The minimum Gasteiger partial charge on any atom is -0.358 e. The molecule has 0 spiro atoms. The molecule has 0 saturated heterocycles. The van der Waals surface area contributed by atoms with Gasteiger partial charge in [-0.1, -0.05) is 6.92 Å². The van der Waals surface area contributed by atoms with E-state index in [4.69, 9.17) is 0 Å². The van der Waals surface area contributed by atoms with Gasteiger partial charge in [0.25, 0.3) is 0 Å². The first kappa shape index (κ1) is 14.5. The Morgan fingerprint density at radius 3 is 2.60 bits per heavy atom. The van der Waals surface area contributed by atoms with Crippen LogP contribution in [0.2, 0.25) is 0 Å². The molecule has 0 fully saturated rings. The van der Waals surface area contributed by atoms with Gasteiger partial charge in [0.1, 0.15) is 0 Å². The average Bonchev–Trinajstić information content (AvgIpc) is 2.19. The van der Waals surface area contributed by atoms with Gasteiger partial charge in [-0.05, 0) is 6.20 Å². The monoisotopic (exact) mass is 271 g/mol. The summed E-state index contributed by atoms with van der Waals surface area (Å²) in [6.07, 6.45) is 1.79. The van der Waals surface area contributed by atoms with Crippen LogP contribution in [0.25, 0.3) is 11.3 Å². The minimum atomic E-state index is 0. The molecule has 0 aliphatic rings. The topological polar surface area (TPSA) is 12.9 Å². The van der Waals surface area contributed by atoms with Crippen LogP contribution in [0.4, 0.5) is 0 Å². The van der Waals surface area contributed by atoms with Crippen molar-refractivity contribution >= 4 is 0 Å². The smallest absolute Gasteiger partial charge is 0.358 e. The molecule has 0 saturated carbocycles. The molecule has 2 aromatic rings. The molecule has 1 nitrogen and oxygen atoms in total. The molecule has 2 rings (SSSR count). The fourth-order valence-corrected chi connectivity index (χ4v) is 1.16. The summed E-state index contributed by atoms with van der Waals surface area (Å²) in [6, 6.07) is 16.0. The second-order valence-electron chi connectivity index (χ2n) is 2.88. The Morgan fingerprint density at radius 1 is 1.20 bits per heavy atom. The molecule has 0 aliphatic heterocycles. The molecule has 72 valence electrons. The quantitative estimate of drug-likeness (QED) is 0.726. The summed E-state index contributed by atoms with van der Waals surface area (Å²) in [5.41, 5.74) is 2.95. The van der Waals surface area contributed by atoms with Crippen molar-refractivity contribution < 1.29 is 32.7 Å². The number of hydrogen-bond acceptors (Lipinski definition) is 1. The van der Waals surface area contributed by atoms with Gasteiger partial charge >= 0.3 is 32.7 Å². The summed E-state index contributed by atoms with van der Waals surface area (Å²) >= 11 is 0. The van der Waals surface area contributed by atoms with E-state index in [0.717, 1.165) is 16.8 Å². The fraction of sp³-hybridized carbons (Fsp3) is 0.0769. The van der Waals surface area contributed by atoms with E-state index in [1.54, 1.807) is 6.20 Å². The van der Waals surface area contributed by atoms with Crippen molar-refractivity contribution in [3.63, 3.8) is 0 Å². The normalized spacial score (nSPS) is 8.60. The van der Waals surface area contributed by atoms with E-state index in [-0.39, 0.29) is 40.1 Å². The number of benzene rings is 1. The molecule has 1 aromatic heterocycles. The van der Waals surface area contributed by atoms with Crippen LogP contribution in [-0.4, -0.2) is 4.98 Å². The number of hydrogen-bond donors (Lipinski definition) is 0. The Bertz CT molecular complexity index is 398. The zero-order valence-corrected chi connectivity index (χ0v) is 11.8. The van der Waals surface area contributed by atoms with E-state index in [1.165, 1.54) is 0 Å². The molecule has 1 aromatic carbocycles. The fourth-order valence-electron chi connectivity index (χ4n) is 1.16.